The first kappa shape index (κ1) is 13.9. The van der Waals surface area contributed by atoms with Crippen molar-refractivity contribution in [2.24, 2.45) is 0 Å². The van der Waals surface area contributed by atoms with Gasteiger partial charge in [0.2, 0.25) is 0 Å². The summed E-state index contributed by atoms with van der Waals surface area (Å²) >= 11 is 0. The monoisotopic (exact) mass is 262 g/mol. The normalized spacial score (nSPS) is 17.1. The zero-order chi connectivity index (χ0) is 14.0. The number of aromatic hydroxyl groups is 1. The first-order valence-corrected chi connectivity index (χ1v) is 6.70. The topological polar surface area (TPSA) is 52.6 Å². The van der Waals surface area contributed by atoms with Crippen LogP contribution in [0, 0.1) is 6.92 Å². The first-order valence-electron chi connectivity index (χ1n) is 6.70. The minimum absolute atomic E-state index is 0.0463. The van der Waals surface area contributed by atoms with Crippen molar-refractivity contribution in [1.82, 2.24) is 10.2 Å². The van der Waals surface area contributed by atoms with Crippen LogP contribution in [0.15, 0.2) is 18.2 Å². The Bertz CT molecular complexity index is 479. The largest absolute Gasteiger partial charge is 0.507 e. The average molecular weight is 262 g/mol. The molecule has 0 spiro atoms. The summed E-state index contributed by atoms with van der Waals surface area (Å²) in [5.74, 6) is -0.157. The third-order valence-corrected chi connectivity index (χ3v) is 4.21. The number of likely N-dealkylation sites (N-methyl/N-ethyl adjacent to an activating group) is 1. The summed E-state index contributed by atoms with van der Waals surface area (Å²) < 4.78 is 0. The quantitative estimate of drug-likeness (QED) is 0.871. The van der Waals surface area contributed by atoms with E-state index in [2.05, 4.69) is 24.3 Å². The molecule has 1 aliphatic rings. The maximum Gasteiger partial charge on any atom is 0.255 e. The Balaban J connectivity index is 2.01. The van der Waals surface area contributed by atoms with Crippen LogP contribution in [0.25, 0.3) is 0 Å². The van der Waals surface area contributed by atoms with Gasteiger partial charge in [0.1, 0.15) is 5.75 Å². The standard InChI is InChI=1S/C15H22N2O2/c1-11-5-6-12(13(18)9-11)14(19)16-10-15(17(2)3)7-4-8-15/h5-6,9,18H,4,7-8,10H2,1-3H3,(H,16,19). The minimum atomic E-state index is -0.203. The summed E-state index contributed by atoms with van der Waals surface area (Å²) in [4.78, 5) is 14.3. The molecule has 0 heterocycles. The number of nitrogens with one attached hydrogen (secondary N) is 1. The highest BCUT2D eigenvalue weighted by molar-refractivity contribution is 5.96. The number of hydrogen-bond acceptors (Lipinski definition) is 3. The van der Waals surface area contributed by atoms with E-state index in [-0.39, 0.29) is 17.2 Å². The highest BCUT2D eigenvalue weighted by Gasteiger charge is 2.39. The Morgan fingerprint density at radius 3 is 2.58 bits per heavy atom. The first-order chi connectivity index (χ1) is 8.94. The molecule has 104 valence electrons. The van der Waals surface area contributed by atoms with Crippen molar-refractivity contribution in [3.8, 4) is 5.75 Å². The van der Waals surface area contributed by atoms with Gasteiger partial charge in [-0.3, -0.25) is 4.79 Å². The fraction of sp³-hybridized carbons (Fsp3) is 0.533. The molecule has 1 fully saturated rings. The number of hydrogen-bond donors (Lipinski definition) is 2. The molecule has 0 aliphatic heterocycles. The zero-order valence-corrected chi connectivity index (χ0v) is 11.9. The molecule has 1 aliphatic carbocycles. The van der Waals surface area contributed by atoms with E-state index in [4.69, 9.17) is 0 Å². The number of nitrogens with zero attached hydrogens (tertiary/aromatic N) is 1. The van der Waals surface area contributed by atoms with Crippen LogP contribution < -0.4 is 5.32 Å². The molecule has 4 nitrogen and oxygen atoms in total. The van der Waals surface area contributed by atoms with Gasteiger partial charge in [-0.15, -0.1) is 0 Å². The number of carbonyl (C=O) groups excluding carboxylic acids is 1. The molecular formula is C15H22N2O2. The molecule has 0 atom stereocenters. The molecule has 19 heavy (non-hydrogen) atoms. The summed E-state index contributed by atoms with van der Waals surface area (Å²) in [6.45, 7) is 2.52. The number of benzene rings is 1. The van der Waals surface area contributed by atoms with Crippen LogP contribution in [0.4, 0.5) is 0 Å². The lowest BCUT2D eigenvalue weighted by Gasteiger charge is -2.47. The molecule has 0 saturated heterocycles. The zero-order valence-electron chi connectivity index (χ0n) is 11.9. The van der Waals surface area contributed by atoms with Gasteiger partial charge in [0.25, 0.3) is 5.91 Å². The number of phenolic OH excluding ortho intramolecular Hbond substituents is 1. The van der Waals surface area contributed by atoms with Crippen molar-refractivity contribution < 1.29 is 9.90 Å². The smallest absolute Gasteiger partial charge is 0.255 e. The van der Waals surface area contributed by atoms with E-state index in [1.54, 1.807) is 12.1 Å². The molecule has 2 N–H and O–H groups in total. The summed E-state index contributed by atoms with van der Waals surface area (Å²) in [5, 5.41) is 12.7. The van der Waals surface area contributed by atoms with Gasteiger partial charge in [0.05, 0.1) is 5.56 Å². The second-order valence-corrected chi connectivity index (χ2v) is 5.68. The van der Waals surface area contributed by atoms with Crippen molar-refractivity contribution >= 4 is 5.91 Å². The maximum absolute atomic E-state index is 12.1. The minimum Gasteiger partial charge on any atom is -0.507 e. The van der Waals surface area contributed by atoms with Crippen molar-refractivity contribution in [2.75, 3.05) is 20.6 Å². The molecule has 2 rings (SSSR count). The van der Waals surface area contributed by atoms with Gasteiger partial charge >= 0.3 is 0 Å². The second-order valence-electron chi connectivity index (χ2n) is 5.68. The summed E-state index contributed by atoms with van der Waals surface area (Å²) in [7, 11) is 4.10. The van der Waals surface area contributed by atoms with E-state index in [0.717, 1.165) is 18.4 Å². The van der Waals surface area contributed by atoms with E-state index in [1.807, 2.05) is 13.0 Å². The van der Waals surface area contributed by atoms with Crippen molar-refractivity contribution in [1.29, 1.82) is 0 Å². The third-order valence-electron chi connectivity index (χ3n) is 4.21. The van der Waals surface area contributed by atoms with Gasteiger partial charge in [0, 0.05) is 12.1 Å². The molecule has 1 aromatic carbocycles. The molecule has 1 amide bonds. The van der Waals surface area contributed by atoms with Crippen molar-refractivity contribution in [2.45, 2.75) is 31.7 Å². The van der Waals surface area contributed by atoms with Crippen LogP contribution >= 0.6 is 0 Å². The Kier molecular flexibility index (Phi) is 3.80. The number of amides is 1. The highest BCUT2D eigenvalue weighted by atomic mass is 16.3. The molecular weight excluding hydrogens is 240 g/mol. The van der Waals surface area contributed by atoms with Gasteiger partial charge in [0.15, 0.2) is 0 Å². The lowest BCUT2D eigenvalue weighted by atomic mass is 9.75. The summed E-state index contributed by atoms with van der Waals surface area (Å²) in [6.07, 6.45) is 3.43. The van der Waals surface area contributed by atoms with Crippen molar-refractivity contribution in [3.63, 3.8) is 0 Å². The van der Waals surface area contributed by atoms with E-state index in [1.165, 1.54) is 6.42 Å². The number of phenols is 1. The Hall–Kier alpha value is -1.55. The summed E-state index contributed by atoms with van der Waals surface area (Å²) in [5.41, 5.74) is 1.38. The lowest BCUT2D eigenvalue weighted by molar-refractivity contribution is 0.0557. The maximum atomic E-state index is 12.1. The number of carbonyl (C=O) groups is 1. The van der Waals surface area contributed by atoms with Gasteiger partial charge in [-0.2, -0.15) is 0 Å². The van der Waals surface area contributed by atoms with E-state index >= 15 is 0 Å². The van der Waals surface area contributed by atoms with Crippen LogP contribution in [0.1, 0.15) is 35.2 Å². The van der Waals surface area contributed by atoms with E-state index < -0.39 is 0 Å². The molecule has 4 heteroatoms. The SMILES string of the molecule is Cc1ccc(C(=O)NCC2(N(C)C)CCC2)c(O)c1. The fourth-order valence-corrected chi connectivity index (χ4v) is 2.54. The van der Waals surface area contributed by atoms with E-state index in [9.17, 15) is 9.90 Å². The predicted molar refractivity (Wildman–Crippen MR) is 75.4 cm³/mol. The molecule has 0 bridgehead atoms. The second kappa shape index (κ2) is 5.21. The average Bonchev–Trinajstić information content (AvgIpc) is 2.26. The van der Waals surface area contributed by atoms with Crippen LogP contribution in [0.2, 0.25) is 0 Å². The molecule has 0 radical (unpaired) electrons. The summed E-state index contributed by atoms with van der Waals surface area (Å²) in [6, 6.07) is 5.11. The fourth-order valence-electron chi connectivity index (χ4n) is 2.54. The van der Waals surface area contributed by atoms with Crippen LogP contribution in [-0.4, -0.2) is 42.1 Å². The molecule has 0 aromatic heterocycles. The van der Waals surface area contributed by atoms with Gasteiger partial charge in [-0.1, -0.05) is 6.07 Å². The molecule has 1 saturated carbocycles. The molecule has 1 aromatic rings. The highest BCUT2D eigenvalue weighted by Crippen LogP contribution is 2.35. The van der Waals surface area contributed by atoms with Crippen LogP contribution in [0.5, 0.6) is 5.75 Å². The van der Waals surface area contributed by atoms with Crippen LogP contribution in [0.3, 0.4) is 0 Å². The molecule has 0 unspecified atom stereocenters. The van der Waals surface area contributed by atoms with Gasteiger partial charge in [-0.05, 0) is 58.0 Å². The Morgan fingerprint density at radius 1 is 1.42 bits per heavy atom. The predicted octanol–water partition coefficient (Wildman–Crippen LogP) is 1.91. The Morgan fingerprint density at radius 2 is 2.11 bits per heavy atom. The van der Waals surface area contributed by atoms with Crippen LogP contribution in [-0.2, 0) is 0 Å². The van der Waals surface area contributed by atoms with E-state index in [0.29, 0.717) is 12.1 Å². The lowest BCUT2D eigenvalue weighted by Crippen LogP contribution is -2.57. The third kappa shape index (κ3) is 2.73. The number of aryl methyl sites for hydroxylation is 1. The van der Waals surface area contributed by atoms with Crippen molar-refractivity contribution in [3.05, 3.63) is 29.3 Å². The Labute approximate surface area is 114 Å². The van der Waals surface area contributed by atoms with Gasteiger partial charge < -0.3 is 15.3 Å². The number of rotatable bonds is 4. The van der Waals surface area contributed by atoms with Gasteiger partial charge in [-0.25, -0.2) is 0 Å².